The fourth-order valence-corrected chi connectivity index (χ4v) is 7.53. The second kappa shape index (κ2) is 18.8. The van der Waals surface area contributed by atoms with Crippen molar-refractivity contribution in [3.8, 4) is 0 Å². The van der Waals surface area contributed by atoms with Gasteiger partial charge in [0.05, 0.1) is 0 Å². The number of ether oxygens (including phenoxy) is 1. The van der Waals surface area contributed by atoms with E-state index in [1.165, 1.54) is 27.7 Å². The van der Waals surface area contributed by atoms with Gasteiger partial charge in [-0.05, 0) is 76.5 Å². The molecule has 4 aliphatic rings. The van der Waals surface area contributed by atoms with E-state index in [1.54, 1.807) is 24.3 Å². The molecule has 4 heterocycles. The zero-order valence-electron chi connectivity index (χ0n) is 31.0. The number of esters is 1. The number of hydrogen-bond donors (Lipinski definition) is 3. The molecule has 1 aromatic rings. The van der Waals surface area contributed by atoms with Crippen LogP contribution in [-0.2, 0) is 44.7 Å². The number of allylic oxidation sites excluding steroid dienone is 5. The van der Waals surface area contributed by atoms with Crippen LogP contribution in [0.3, 0.4) is 0 Å². The Morgan fingerprint density at radius 2 is 1.44 bits per heavy atom. The first-order valence-electron chi connectivity index (χ1n) is 18.8. The highest BCUT2D eigenvalue weighted by Crippen LogP contribution is 2.27. The quantitative estimate of drug-likeness (QED) is 0.203. The molecule has 55 heavy (non-hydrogen) atoms. The first-order valence-corrected chi connectivity index (χ1v) is 18.8. The topological polar surface area (TPSA) is 175 Å². The summed E-state index contributed by atoms with van der Waals surface area (Å²) < 4.78 is 34.0. The van der Waals surface area contributed by atoms with Gasteiger partial charge in [0.2, 0.25) is 35.4 Å². The summed E-state index contributed by atoms with van der Waals surface area (Å²) >= 11 is 0. The van der Waals surface area contributed by atoms with E-state index < -0.39 is 95.9 Å². The Bertz CT molecular complexity index is 1730. The number of fused-ring (bicyclic) bond motifs is 3. The molecule has 4 saturated heterocycles. The molecule has 4 aliphatic heterocycles. The zero-order valence-corrected chi connectivity index (χ0v) is 31.0. The van der Waals surface area contributed by atoms with Crippen molar-refractivity contribution >= 4 is 41.4 Å². The lowest BCUT2D eigenvalue weighted by atomic mass is 9.99. The maximum absolute atomic E-state index is 14.4. The summed E-state index contributed by atoms with van der Waals surface area (Å²) in [6.45, 7) is 3.29. The van der Waals surface area contributed by atoms with Gasteiger partial charge in [-0.25, -0.2) is 13.6 Å². The van der Waals surface area contributed by atoms with Crippen molar-refractivity contribution in [2.45, 2.75) is 101 Å². The fourth-order valence-electron chi connectivity index (χ4n) is 7.53. The second-order valence-corrected chi connectivity index (χ2v) is 14.2. The number of hydrogen-bond acceptors (Lipinski definition) is 8. The van der Waals surface area contributed by atoms with Crippen molar-refractivity contribution in [2.75, 3.05) is 26.2 Å². The molecule has 3 N–H and O–H groups in total. The monoisotopic (exact) mass is 766 g/mol. The van der Waals surface area contributed by atoms with Gasteiger partial charge < -0.3 is 35.4 Å². The second-order valence-electron chi connectivity index (χ2n) is 14.2. The molecular weight excluding hydrogens is 718 g/mol. The van der Waals surface area contributed by atoms with Crippen LogP contribution in [0.5, 0.6) is 0 Å². The molecule has 0 spiro atoms. The van der Waals surface area contributed by atoms with Crippen LogP contribution in [0.25, 0.3) is 0 Å². The van der Waals surface area contributed by atoms with Crippen molar-refractivity contribution in [3.05, 3.63) is 71.9 Å². The maximum Gasteiger partial charge on any atom is 0.328 e. The van der Waals surface area contributed by atoms with E-state index in [4.69, 9.17) is 4.74 Å². The van der Waals surface area contributed by atoms with Gasteiger partial charge in [-0.3, -0.25) is 28.8 Å². The standard InChI is InChI=1S/C39H48F2N6O8/c1-3-4-5-6-7-15-33(48)43-28(21-25-19-26(40)22-27(41)20-25)34(49)44-29-23-55-39(54)32-14-11-18-47(32)36(51)24(2)42-35(50)30-12-8-9-16-45(30)38(53)31-13-10-17-46(31)37(29)52/h3-7,15,19-20,22,24,28-32H,8-14,16-18,21,23H2,1-2H3,(H,42,50)(H,43,48)(H,44,49)/b4-3+,6-5+,15-7+/t24-,28-,29-,30-,31-,32-/m0/s1. The van der Waals surface area contributed by atoms with Gasteiger partial charge in [0, 0.05) is 38.2 Å². The first-order chi connectivity index (χ1) is 26.4. The van der Waals surface area contributed by atoms with Crippen molar-refractivity contribution < 1.29 is 47.1 Å². The summed E-state index contributed by atoms with van der Waals surface area (Å²) in [5.74, 6) is -6.48. The Kier molecular flexibility index (Phi) is 13.9. The zero-order chi connectivity index (χ0) is 39.6. The molecule has 0 radical (unpaired) electrons. The van der Waals surface area contributed by atoms with E-state index in [1.807, 2.05) is 6.92 Å². The van der Waals surface area contributed by atoms with Crippen LogP contribution in [0.4, 0.5) is 8.78 Å². The fraction of sp³-hybridized carbons (Fsp3) is 0.513. The number of nitrogens with zero attached hydrogens (tertiary/aromatic N) is 3. The lowest BCUT2D eigenvalue weighted by Gasteiger charge is -2.39. The normalized spacial score (nSPS) is 26.2. The maximum atomic E-state index is 14.4. The summed E-state index contributed by atoms with van der Waals surface area (Å²) in [5.41, 5.74) is 0.0381. The van der Waals surface area contributed by atoms with Gasteiger partial charge in [-0.15, -0.1) is 0 Å². The van der Waals surface area contributed by atoms with E-state index in [2.05, 4.69) is 16.0 Å². The number of amides is 6. The van der Waals surface area contributed by atoms with Crippen molar-refractivity contribution in [2.24, 2.45) is 0 Å². The van der Waals surface area contributed by atoms with Gasteiger partial charge in [-0.1, -0.05) is 30.4 Å². The van der Waals surface area contributed by atoms with E-state index in [9.17, 15) is 42.3 Å². The average Bonchev–Trinajstić information content (AvgIpc) is 3.85. The van der Waals surface area contributed by atoms with Gasteiger partial charge in [0.1, 0.15) is 54.5 Å². The smallest absolute Gasteiger partial charge is 0.328 e. The Hall–Kier alpha value is -5.41. The van der Waals surface area contributed by atoms with E-state index in [-0.39, 0.29) is 44.5 Å². The molecular formula is C39H48F2N6O8. The van der Waals surface area contributed by atoms with Crippen molar-refractivity contribution in [3.63, 3.8) is 0 Å². The number of halogens is 2. The molecule has 0 aliphatic carbocycles. The Morgan fingerprint density at radius 1 is 0.818 bits per heavy atom. The Labute approximate surface area is 318 Å². The molecule has 0 unspecified atom stereocenters. The van der Waals surface area contributed by atoms with Crippen LogP contribution in [0.1, 0.15) is 64.4 Å². The third-order valence-corrected chi connectivity index (χ3v) is 10.2. The lowest BCUT2D eigenvalue weighted by molar-refractivity contribution is -0.158. The minimum atomic E-state index is -1.56. The molecule has 0 bridgehead atoms. The molecule has 6 amide bonds. The molecule has 0 aromatic heterocycles. The number of benzene rings is 1. The molecule has 16 heteroatoms. The Morgan fingerprint density at radius 3 is 2.15 bits per heavy atom. The van der Waals surface area contributed by atoms with Gasteiger partial charge in [-0.2, -0.15) is 0 Å². The summed E-state index contributed by atoms with van der Waals surface area (Å²) in [6.07, 6.45) is 12.1. The van der Waals surface area contributed by atoms with Crippen LogP contribution in [0.2, 0.25) is 0 Å². The van der Waals surface area contributed by atoms with E-state index >= 15 is 0 Å². The minimum Gasteiger partial charge on any atom is -0.461 e. The predicted molar refractivity (Wildman–Crippen MR) is 194 cm³/mol. The summed E-state index contributed by atoms with van der Waals surface area (Å²) in [6, 6.07) is -4.22. The van der Waals surface area contributed by atoms with Gasteiger partial charge in [0.25, 0.3) is 0 Å². The van der Waals surface area contributed by atoms with Crippen LogP contribution in [0, 0.1) is 11.6 Å². The molecule has 6 atom stereocenters. The third-order valence-electron chi connectivity index (χ3n) is 10.2. The van der Waals surface area contributed by atoms with Crippen LogP contribution < -0.4 is 16.0 Å². The largest absolute Gasteiger partial charge is 0.461 e. The van der Waals surface area contributed by atoms with Crippen LogP contribution >= 0.6 is 0 Å². The van der Waals surface area contributed by atoms with Crippen molar-refractivity contribution in [1.82, 2.24) is 30.7 Å². The third kappa shape index (κ3) is 10.2. The lowest BCUT2D eigenvalue weighted by Crippen LogP contribution is -2.62. The molecule has 14 nitrogen and oxygen atoms in total. The predicted octanol–water partition coefficient (Wildman–Crippen LogP) is 1.59. The summed E-state index contributed by atoms with van der Waals surface area (Å²) in [7, 11) is 0. The number of cyclic esters (lactones) is 1. The number of carbonyl (C=O) groups excluding carboxylic acids is 7. The van der Waals surface area contributed by atoms with E-state index in [0.717, 1.165) is 18.2 Å². The van der Waals surface area contributed by atoms with Gasteiger partial charge in [0.15, 0.2) is 0 Å². The molecule has 0 saturated carbocycles. The van der Waals surface area contributed by atoms with Gasteiger partial charge >= 0.3 is 5.97 Å². The molecule has 1 aromatic carbocycles. The molecule has 5 rings (SSSR count). The van der Waals surface area contributed by atoms with Crippen LogP contribution in [-0.4, -0.2) is 119 Å². The SMILES string of the molecule is C/C=C/C=C/C=C/C(=O)N[C@@H](Cc1cc(F)cc(F)c1)C(=O)N[C@H]1COC(=O)[C@@H]2CCCN2C(=O)[C@H](C)NC(=O)[C@@H]2CCCCN2C(=O)[C@@H]2CCCN2C1=O. The molecule has 4 fully saturated rings. The highest BCUT2D eigenvalue weighted by molar-refractivity contribution is 5.98. The number of rotatable bonds is 8. The minimum absolute atomic E-state index is 0.0381. The van der Waals surface area contributed by atoms with E-state index in [0.29, 0.717) is 38.2 Å². The highest BCUT2D eigenvalue weighted by Gasteiger charge is 2.45. The summed E-state index contributed by atoms with van der Waals surface area (Å²) in [4.78, 5) is 100. The van der Waals surface area contributed by atoms with Crippen molar-refractivity contribution in [1.29, 1.82) is 0 Å². The molecule has 296 valence electrons. The average molecular weight is 767 g/mol. The summed E-state index contributed by atoms with van der Waals surface area (Å²) in [5, 5.41) is 7.83. The first kappa shape index (κ1) is 40.8. The number of carbonyl (C=O) groups is 7. The number of piperidine rings is 1. The number of nitrogens with one attached hydrogen (secondary N) is 3. The Balaban J connectivity index is 1.46. The highest BCUT2D eigenvalue weighted by atomic mass is 19.1. The van der Waals surface area contributed by atoms with Crippen LogP contribution in [0.15, 0.2) is 54.7 Å².